The van der Waals surface area contributed by atoms with Gasteiger partial charge in [0.1, 0.15) is 0 Å². The molecule has 0 saturated carbocycles. The van der Waals surface area contributed by atoms with Gasteiger partial charge in [0.2, 0.25) is 5.91 Å². The zero-order valence-electron chi connectivity index (χ0n) is 11.8. The Kier molecular flexibility index (Phi) is 6.80. The van der Waals surface area contributed by atoms with Crippen LogP contribution in [0.2, 0.25) is 0 Å². The maximum atomic E-state index is 11.6. The van der Waals surface area contributed by atoms with Gasteiger partial charge in [0.15, 0.2) is 0 Å². The van der Waals surface area contributed by atoms with Gasteiger partial charge >= 0.3 is 6.03 Å². The molecular weight excluding hydrogens is 246 g/mol. The van der Waals surface area contributed by atoms with Crippen molar-refractivity contribution in [2.45, 2.75) is 39.2 Å². The molecule has 0 radical (unpaired) electrons. The molecular formula is C13H25N3O3. The fraction of sp³-hybridized carbons (Fsp3) is 0.846. The summed E-state index contributed by atoms with van der Waals surface area (Å²) in [6, 6.07) is -0.441. The average molecular weight is 271 g/mol. The predicted molar refractivity (Wildman–Crippen MR) is 72.7 cm³/mol. The minimum absolute atomic E-state index is 0.161. The van der Waals surface area contributed by atoms with E-state index in [1.165, 1.54) is 0 Å². The first-order valence-corrected chi connectivity index (χ1v) is 6.95. The van der Waals surface area contributed by atoms with E-state index in [9.17, 15) is 14.7 Å². The molecule has 1 fully saturated rings. The number of imide groups is 1. The minimum atomic E-state index is -0.441. The van der Waals surface area contributed by atoms with Crippen LogP contribution in [0.3, 0.4) is 0 Å². The molecule has 19 heavy (non-hydrogen) atoms. The van der Waals surface area contributed by atoms with Crippen LogP contribution in [0.15, 0.2) is 0 Å². The number of β-amino-alcohol motifs (C(OH)–C–C–N with tert-alkyl or cyclic N) is 1. The highest BCUT2D eigenvalue weighted by molar-refractivity contribution is 5.95. The lowest BCUT2D eigenvalue weighted by molar-refractivity contribution is -0.121. The molecule has 1 rings (SSSR count). The monoisotopic (exact) mass is 271 g/mol. The lowest BCUT2D eigenvalue weighted by Gasteiger charge is -2.29. The second-order valence-corrected chi connectivity index (χ2v) is 5.52. The molecule has 1 atom stereocenters. The summed E-state index contributed by atoms with van der Waals surface area (Å²) in [5, 5.41) is 14.4. The Balaban J connectivity index is 2.17. The van der Waals surface area contributed by atoms with Gasteiger partial charge in [-0.05, 0) is 31.7 Å². The molecule has 1 aliphatic heterocycles. The number of nitrogens with one attached hydrogen (secondary N) is 2. The highest BCUT2D eigenvalue weighted by atomic mass is 16.3. The van der Waals surface area contributed by atoms with Crippen LogP contribution in [0, 0.1) is 5.92 Å². The molecule has 3 amide bonds. The highest BCUT2D eigenvalue weighted by Gasteiger charge is 2.20. The SMILES string of the molecule is CC(C)CCNC(=O)NC(=O)CN1CCCC(O)C1. The van der Waals surface area contributed by atoms with Crippen molar-refractivity contribution < 1.29 is 14.7 Å². The molecule has 0 aromatic carbocycles. The first kappa shape index (κ1) is 15.9. The highest BCUT2D eigenvalue weighted by Crippen LogP contribution is 2.08. The first-order chi connectivity index (χ1) is 8.97. The van der Waals surface area contributed by atoms with Gasteiger partial charge in [0, 0.05) is 13.1 Å². The molecule has 1 saturated heterocycles. The van der Waals surface area contributed by atoms with E-state index in [1.807, 2.05) is 4.90 Å². The summed E-state index contributed by atoms with van der Waals surface area (Å²) < 4.78 is 0. The largest absolute Gasteiger partial charge is 0.392 e. The van der Waals surface area contributed by atoms with Crippen LogP contribution >= 0.6 is 0 Å². The predicted octanol–water partition coefficient (Wildman–Crippen LogP) is 0.315. The molecule has 0 aromatic heterocycles. The number of urea groups is 1. The summed E-state index contributed by atoms with van der Waals surface area (Å²) in [4.78, 5) is 24.9. The van der Waals surface area contributed by atoms with Crippen molar-refractivity contribution in [2.24, 2.45) is 5.92 Å². The molecule has 3 N–H and O–H groups in total. The van der Waals surface area contributed by atoms with Crippen molar-refractivity contribution in [1.29, 1.82) is 0 Å². The Hall–Kier alpha value is -1.14. The zero-order valence-corrected chi connectivity index (χ0v) is 11.8. The van der Waals surface area contributed by atoms with Crippen LogP contribution in [0.4, 0.5) is 4.79 Å². The standard InChI is InChI=1S/C13H25N3O3/c1-10(2)5-6-14-13(19)15-12(18)9-16-7-3-4-11(17)8-16/h10-11,17H,3-9H2,1-2H3,(H2,14,15,18,19). The van der Waals surface area contributed by atoms with E-state index >= 15 is 0 Å². The third-order valence-electron chi connectivity index (χ3n) is 3.11. The van der Waals surface area contributed by atoms with Crippen LogP contribution in [-0.2, 0) is 4.79 Å². The van der Waals surface area contributed by atoms with Crippen LogP contribution in [0.25, 0.3) is 0 Å². The average Bonchev–Trinajstić information content (AvgIpc) is 2.27. The summed E-state index contributed by atoms with van der Waals surface area (Å²) in [6.07, 6.45) is 2.20. The summed E-state index contributed by atoms with van der Waals surface area (Å²) in [7, 11) is 0. The van der Waals surface area contributed by atoms with Gasteiger partial charge in [0.05, 0.1) is 12.6 Å². The molecule has 0 spiro atoms. The number of amides is 3. The summed E-state index contributed by atoms with van der Waals surface area (Å²) in [6.45, 7) is 6.18. The van der Waals surface area contributed by atoms with Crippen molar-refractivity contribution >= 4 is 11.9 Å². The van der Waals surface area contributed by atoms with E-state index in [-0.39, 0.29) is 18.6 Å². The van der Waals surface area contributed by atoms with E-state index in [1.54, 1.807) is 0 Å². The maximum absolute atomic E-state index is 11.6. The molecule has 6 heteroatoms. The molecule has 1 aliphatic rings. The number of hydrogen-bond acceptors (Lipinski definition) is 4. The number of piperidine rings is 1. The van der Waals surface area contributed by atoms with Gasteiger partial charge in [0.25, 0.3) is 0 Å². The number of aliphatic hydroxyl groups is 1. The normalized spacial score (nSPS) is 20.3. The third-order valence-corrected chi connectivity index (χ3v) is 3.11. The molecule has 6 nitrogen and oxygen atoms in total. The van der Waals surface area contributed by atoms with E-state index in [0.717, 1.165) is 25.8 Å². The number of aliphatic hydroxyl groups excluding tert-OH is 1. The Bertz CT molecular complexity index is 308. The van der Waals surface area contributed by atoms with E-state index < -0.39 is 6.03 Å². The number of carbonyl (C=O) groups is 2. The number of likely N-dealkylation sites (tertiary alicyclic amines) is 1. The van der Waals surface area contributed by atoms with Gasteiger partial charge in [-0.3, -0.25) is 15.0 Å². The van der Waals surface area contributed by atoms with E-state index in [4.69, 9.17) is 0 Å². The fourth-order valence-electron chi connectivity index (χ4n) is 2.06. The van der Waals surface area contributed by atoms with Gasteiger partial charge in [-0.15, -0.1) is 0 Å². The summed E-state index contributed by atoms with van der Waals surface area (Å²) >= 11 is 0. The first-order valence-electron chi connectivity index (χ1n) is 6.95. The summed E-state index contributed by atoms with van der Waals surface area (Å²) in [5.74, 6) is 0.196. The molecule has 0 aliphatic carbocycles. The third kappa shape index (κ3) is 7.12. The number of hydrogen-bond donors (Lipinski definition) is 3. The second kappa shape index (κ2) is 8.12. The van der Waals surface area contributed by atoms with Crippen LogP contribution in [0.1, 0.15) is 33.1 Å². The molecule has 1 unspecified atom stereocenters. The minimum Gasteiger partial charge on any atom is -0.392 e. The fourth-order valence-corrected chi connectivity index (χ4v) is 2.06. The smallest absolute Gasteiger partial charge is 0.321 e. The van der Waals surface area contributed by atoms with Crippen LogP contribution < -0.4 is 10.6 Å². The topological polar surface area (TPSA) is 81.7 Å². The van der Waals surface area contributed by atoms with Crippen molar-refractivity contribution in [2.75, 3.05) is 26.2 Å². The zero-order chi connectivity index (χ0) is 14.3. The maximum Gasteiger partial charge on any atom is 0.321 e. The lowest BCUT2D eigenvalue weighted by Crippen LogP contribution is -2.47. The summed E-state index contributed by atoms with van der Waals surface area (Å²) in [5.41, 5.74) is 0. The quantitative estimate of drug-likeness (QED) is 0.672. The second-order valence-electron chi connectivity index (χ2n) is 5.52. The van der Waals surface area contributed by atoms with Crippen molar-refractivity contribution in [3.63, 3.8) is 0 Å². The molecule has 0 bridgehead atoms. The van der Waals surface area contributed by atoms with Crippen molar-refractivity contribution in [1.82, 2.24) is 15.5 Å². The van der Waals surface area contributed by atoms with Crippen molar-refractivity contribution in [3.05, 3.63) is 0 Å². The Morgan fingerprint density at radius 3 is 2.79 bits per heavy atom. The van der Waals surface area contributed by atoms with E-state index in [0.29, 0.717) is 19.0 Å². The van der Waals surface area contributed by atoms with Crippen LogP contribution in [0.5, 0.6) is 0 Å². The molecule has 1 heterocycles. The van der Waals surface area contributed by atoms with Gasteiger partial charge in [-0.25, -0.2) is 4.79 Å². The number of carbonyl (C=O) groups excluding carboxylic acids is 2. The molecule has 0 aromatic rings. The van der Waals surface area contributed by atoms with Gasteiger partial charge < -0.3 is 10.4 Å². The number of nitrogens with zero attached hydrogens (tertiary/aromatic N) is 1. The lowest BCUT2D eigenvalue weighted by atomic mass is 10.1. The van der Waals surface area contributed by atoms with Crippen molar-refractivity contribution in [3.8, 4) is 0 Å². The Morgan fingerprint density at radius 2 is 2.16 bits per heavy atom. The van der Waals surface area contributed by atoms with Crippen LogP contribution in [-0.4, -0.2) is 54.2 Å². The Morgan fingerprint density at radius 1 is 1.42 bits per heavy atom. The van der Waals surface area contributed by atoms with Gasteiger partial charge in [-0.1, -0.05) is 13.8 Å². The Labute approximate surface area is 114 Å². The van der Waals surface area contributed by atoms with Gasteiger partial charge in [-0.2, -0.15) is 0 Å². The van der Waals surface area contributed by atoms with E-state index in [2.05, 4.69) is 24.5 Å². The molecule has 110 valence electrons. The number of rotatable bonds is 5.